The number of carbonyl (C=O) groups excluding carboxylic acids is 1. The van der Waals surface area contributed by atoms with E-state index in [1.54, 1.807) is 39.2 Å². The Balaban J connectivity index is 2.15. The normalized spacial score (nSPS) is 12.7. The summed E-state index contributed by atoms with van der Waals surface area (Å²) in [6.45, 7) is 7.73. The van der Waals surface area contributed by atoms with Crippen molar-refractivity contribution in [1.29, 1.82) is 0 Å². The van der Waals surface area contributed by atoms with Crippen molar-refractivity contribution in [2.45, 2.75) is 38.6 Å². The van der Waals surface area contributed by atoms with Crippen LogP contribution in [0.15, 0.2) is 46.4 Å². The lowest BCUT2D eigenvalue weighted by Gasteiger charge is -2.20. The molecule has 10 heteroatoms. The molecule has 174 valence electrons. The predicted molar refractivity (Wildman–Crippen MR) is 133 cm³/mol. The van der Waals surface area contributed by atoms with Gasteiger partial charge < -0.3 is 9.47 Å². The van der Waals surface area contributed by atoms with Gasteiger partial charge in [-0.2, -0.15) is 9.82 Å². The summed E-state index contributed by atoms with van der Waals surface area (Å²) in [5, 5.41) is 4.00. The fraction of sp³-hybridized carbons (Fsp3) is 0.364. The zero-order valence-electron chi connectivity index (χ0n) is 18.7. The summed E-state index contributed by atoms with van der Waals surface area (Å²) < 4.78 is 39.7. The lowest BCUT2D eigenvalue weighted by Crippen LogP contribution is -2.48. The zero-order valence-corrected chi connectivity index (χ0v) is 21.7. The number of ether oxygens (including phenoxy) is 2. The van der Waals surface area contributed by atoms with E-state index in [9.17, 15) is 13.2 Å². The first-order valence-electron chi connectivity index (χ1n) is 10.0. The van der Waals surface area contributed by atoms with E-state index >= 15 is 0 Å². The van der Waals surface area contributed by atoms with Crippen LogP contribution in [0.5, 0.6) is 11.5 Å². The Morgan fingerprint density at radius 2 is 1.88 bits per heavy atom. The molecule has 0 bridgehead atoms. The SMILES string of the molecule is CCOc1cc(/C=N\NC(=O)[C@@H](NS(=O)(=O)c2ccc(C)cc2)C(C)C)cc(I)c1OC. The van der Waals surface area contributed by atoms with E-state index in [4.69, 9.17) is 9.47 Å². The first kappa shape index (κ1) is 26.1. The molecule has 0 saturated carbocycles. The molecule has 0 heterocycles. The zero-order chi connectivity index (χ0) is 23.9. The van der Waals surface area contributed by atoms with Crippen LogP contribution in [-0.4, -0.2) is 40.3 Å². The molecule has 8 nitrogen and oxygen atoms in total. The highest BCUT2D eigenvalue weighted by Crippen LogP contribution is 2.33. The van der Waals surface area contributed by atoms with Crippen LogP contribution >= 0.6 is 22.6 Å². The molecule has 0 spiro atoms. The number of carbonyl (C=O) groups is 1. The molecular formula is C22H28IN3O5S. The summed E-state index contributed by atoms with van der Waals surface area (Å²) in [6, 6.07) is 9.01. The molecule has 0 aliphatic rings. The van der Waals surface area contributed by atoms with Crippen molar-refractivity contribution < 1.29 is 22.7 Å². The molecule has 0 fully saturated rings. The monoisotopic (exact) mass is 573 g/mol. The number of sulfonamides is 1. The molecule has 1 atom stereocenters. The number of aryl methyl sites for hydroxylation is 1. The van der Waals surface area contributed by atoms with Crippen molar-refractivity contribution in [2.24, 2.45) is 11.0 Å². The molecule has 1 amide bonds. The van der Waals surface area contributed by atoms with Crippen LogP contribution in [0.2, 0.25) is 0 Å². The topological polar surface area (TPSA) is 106 Å². The van der Waals surface area contributed by atoms with Gasteiger partial charge in [0, 0.05) is 0 Å². The van der Waals surface area contributed by atoms with Crippen molar-refractivity contribution >= 4 is 44.7 Å². The molecule has 32 heavy (non-hydrogen) atoms. The van der Waals surface area contributed by atoms with E-state index in [0.717, 1.165) is 9.13 Å². The highest BCUT2D eigenvalue weighted by atomic mass is 127. The van der Waals surface area contributed by atoms with Crippen molar-refractivity contribution in [2.75, 3.05) is 13.7 Å². The summed E-state index contributed by atoms with van der Waals surface area (Å²) in [6.07, 6.45) is 1.47. The Morgan fingerprint density at radius 3 is 2.44 bits per heavy atom. The third-order valence-electron chi connectivity index (χ3n) is 4.49. The number of amides is 1. The molecular weight excluding hydrogens is 545 g/mol. The number of rotatable bonds is 10. The minimum Gasteiger partial charge on any atom is -0.492 e. The number of hydrogen-bond acceptors (Lipinski definition) is 6. The molecule has 0 aromatic heterocycles. The van der Waals surface area contributed by atoms with E-state index in [0.29, 0.717) is 23.7 Å². The maximum Gasteiger partial charge on any atom is 0.258 e. The molecule has 2 rings (SSSR count). The summed E-state index contributed by atoms with van der Waals surface area (Å²) in [7, 11) is -2.30. The van der Waals surface area contributed by atoms with Crippen LogP contribution in [-0.2, 0) is 14.8 Å². The largest absolute Gasteiger partial charge is 0.492 e. The quantitative estimate of drug-likeness (QED) is 0.257. The van der Waals surface area contributed by atoms with Crippen LogP contribution in [0.25, 0.3) is 0 Å². The fourth-order valence-corrected chi connectivity index (χ4v) is 5.00. The third-order valence-corrected chi connectivity index (χ3v) is 6.75. The van der Waals surface area contributed by atoms with Crippen molar-refractivity contribution in [3.8, 4) is 11.5 Å². The van der Waals surface area contributed by atoms with E-state index < -0.39 is 22.0 Å². The number of hydrazone groups is 1. The molecule has 0 aliphatic carbocycles. The van der Waals surface area contributed by atoms with Crippen LogP contribution in [0, 0.1) is 16.4 Å². The molecule has 2 aromatic rings. The highest BCUT2D eigenvalue weighted by molar-refractivity contribution is 14.1. The molecule has 0 radical (unpaired) electrons. The van der Waals surface area contributed by atoms with E-state index in [2.05, 4.69) is 37.8 Å². The second kappa shape index (κ2) is 11.6. The van der Waals surface area contributed by atoms with Crippen LogP contribution in [0.1, 0.15) is 31.9 Å². The highest BCUT2D eigenvalue weighted by Gasteiger charge is 2.28. The van der Waals surface area contributed by atoms with Crippen molar-refractivity contribution in [1.82, 2.24) is 10.1 Å². The second-order valence-electron chi connectivity index (χ2n) is 7.36. The van der Waals surface area contributed by atoms with Crippen molar-refractivity contribution in [3.63, 3.8) is 0 Å². The maximum absolute atomic E-state index is 12.7. The Morgan fingerprint density at radius 1 is 1.22 bits per heavy atom. The van der Waals surface area contributed by atoms with Crippen LogP contribution < -0.4 is 19.6 Å². The third kappa shape index (κ3) is 6.91. The summed E-state index contributed by atoms with van der Waals surface area (Å²) in [4.78, 5) is 12.8. The number of halogens is 1. The van der Waals surface area contributed by atoms with Crippen LogP contribution in [0.4, 0.5) is 0 Å². The number of nitrogens with zero attached hydrogens (tertiary/aromatic N) is 1. The smallest absolute Gasteiger partial charge is 0.258 e. The summed E-state index contributed by atoms with van der Waals surface area (Å²) in [5.41, 5.74) is 4.06. The lowest BCUT2D eigenvalue weighted by molar-refractivity contribution is -0.123. The Kier molecular flexibility index (Phi) is 9.47. The molecule has 0 aliphatic heterocycles. The standard InChI is InChI=1S/C22H28IN3O5S/c1-6-31-19-12-16(11-18(23)21(19)30-5)13-24-25-22(27)20(14(2)3)26-32(28,29)17-9-7-15(4)8-10-17/h7-14,20,26H,6H2,1-5H3,(H,25,27)/b24-13-/t20-/m0/s1. The van der Waals surface area contributed by atoms with Gasteiger partial charge in [0.25, 0.3) is 5.91 Å². The molecule has 2 N–H and O–H groups in total. The first-order valence-corrected chi connectivity index (χ1v) is 12.6. The van der Waals surface area contributed by atoms with Gasteiger partial charge in [0.1, 0.15) is 6.04 Å². The first-order chi connectivity index (χ1) is 15.1. The second-order valence-corrected chi connectivity index (χ2v) is 10.2. The van der Waals surface area contributed by atoms with Gasteiger partial charge in [-0.1, -0.05) is 31.5 Å². The van der Waals surface area contributed by atoms with E-state index in [1.165, 1.54) is 18.3 Å². The van der Waals surface area contributed by atoms with E-state index in [1.807, 2.05) is 19.9 Å². The summed E-state index contributed by atoms with van der Waals surface area (Å²) >= 11 is 2.13. The Bertz CT molecular complexity index is 1070. The number of hydrogen-bond donors (Lipinski definition) is 2. The molecule has 0 saturated heterocycles. The predicted octanol–water partition coefficient (Wildman–Crippen LogP) is 3.46. The average Bonchev–Trinajstić information content (AvgIpc) is 2.72. The fourth-order valence-electron chi connectivity index (χ4n) is 2.81. The van der Waals surface area contributed by atoms with Gasteiger partial charge in [-0.3, -0.25) is 4.79 Å². The number of methoxy groups -OCH3 is 1. The Hall–Kier alpha value is -2.18. The van der Waals surface area contributed by atoms with Gasteiger partial charge in [-0.15, -0.1) is 0 Å². The van der Waals surface area contributed by atoms with Gasteiger partial charge in [0.15, 0.2) is 11.5 Å². The Labute approximate surface area is 203 Å². The minimum atomic E-state index is -3.86. The summed E-state index contributed by atoms with van der Waals surface area (Å²) in [5.74, 6) is 0.344. The lowest BCUT2D eigenvalue weighted by atomic mass is 10.1. The minimum absolute atomic E-state index is 0.0984. The number of nitrogens with one attached hydrogen (secondary N) is 2. The van der Waals surface area contributed by atoms with E-state index in [-0.39, 0.29) is 10.8 Å². The van der Waals surface area contributed by atoms with Gasteiger partial charge in [-0.25, -0.2) is 13.8 Å². The van der Waals surface area contributed by atoms with Gasteiger partial charge in [0.2, 0.25) is 10.0 Å². The van der Waals surface area contributed by atoms with Crippen molar-refractivity contribution in [3.05, 3.63) is 51.1 Å². The average molecular weight is 573 g/mol. The molecule has 2 aromatic carbocycles. The van der Waals surface area contributed by atoms with Gasteiger partial charge in [0.05, 0.1) is 28.4 Å². The maximum atomic E-state index is 12.7. The van der Waals surface area contributed by atoms with Gasteiger partial charge >= 0.3 is 0 Å². The van der Waals surface area contributed by atoms with Crippen LogP contribution in [0.3, 0.4) is 0 Å². The molecule has 0 unspecified atom stereocenters. The number of benzene rings is 2. The van der Waals surface area contributed by atoms with Gasteiger partial charge in [-0.05, 0) is 72.2 Å².